The van der Waals surface area contributed by atoms with E-state index in [1.54, 1.807) is 12.3 Å². The number of hydrogen-bond acceptors (Lipinski definition) is 4. The maximum atomic E-state index is 13.6. The summed E-state index contributed by atoms with van der Waals surface area (Å²) in [5, 5.41) is 6.52. The first-order valence-electron chi connectivity index (χ1n) is 11.5. The highest BCUT2D eigenvalue weighted by molar-refractivity contribution is 5.79. The molecule has 0 radical (unpaired) electrons. The predicted octanol–water partition coefficient (Wildman–Crippen LogP) is 6.04. The van der Waals surface area contributed by atoms with Gasteiger partial charge in [-0.25, -0.2) is 8.78 Å². The number of hydrogen-bond donors (Lipinski definition) is 2. The monoisotopic (exact) mass is 482 g/mol. The van der Waals surface area contributed by atoms with Crippen LogP contribution in [0.1, 0.15) is 22.3 Å². The SMILES string of the molecule is C=C(NCc1cccc(/C(=C/NC)c2cccnc2)c1)C1=CC=CN(Cc2ccc(F)c(F)c2)C1=C. The second-order valence-electron chi connectivity index (χ2n) is 8.37. The van der Waals surface area contributed by atoms with Crippen LogP contribution in [0.15, 0.2) is 122 Å². The molecule has 0 fully saturated rings. The van der Waals surface area contributed by atoms with Crippen molar-refractivity contribution in [3.05, 3.63) is 156 Å². The molecule has 0 saturated heterocycles. The van der Waals surface area contributed by atoms with Crippen LogP contribution >= 0.6 is 0 Å². The number of nitrogens with one attached hydrogen (secondary N) is 2. The van der Waals surface area contributed by atoms with Gasteiger partial charge in [0, 0.05) is 73.0 Å². The number of benzene rings is 2. The Morgan fingerprint density at radius 3 is 2.61 bits per heavy atom. The first-order valence-corrected chi connectivity index (χ1v) is 11.5. The third-order valence-corrected chi connectivity index (χ3v) is 5.85. The molecule has 4 nitrogen and oxygen atoms in total. The van der Waals surface area contributed by atoms with Crippen molar-refractivity contribution in [2.45, 2.75) is 13.1 Å². The summed E-state index contributed by atoms with van der Waals surface area (Å²) < 4.78 is 26.9. The van der Waals surface area contributed by atoms with E-state index in [1.807, 2.05) is 60.9 Å². The fraction of sp³-hybridized carbons (Fsp3) is 0.100. The van der Waals surface area contributed by atoms with Gasteiger partial charge in [-0.3, -0.25) is 4.98 Å². The fourth-order valence-corrected chi connectivity index (χ4v) is 3.99. The molecule has 0 unspecified atom stereocenters. The van der Waals surface area contributed by atoms with Gasteiger partial charge in [0.2, 0.25) is 0 Å². The predicted molar refractivity (Wildman–Crippen MR) is 141 cm³/mol. The Hall–Kier alpha value is -4.45. The van der Waals surface area contributed by atoms with E-state index in [0.717, 1.165) is 45.3 Å². The average molecular weight is 483 g/mol. The normalized spacial score (nSPS) is 13.4. The van der Waals surface area contributed by atoms with Gasteiger partial charge >= 0.3 is 0 Å². The third-order valence-electron chi connectivity index (χ3n) is 5.85. The number of aromatic nitrogens is 1. The Morgan fingerprint density at radius 1 is 1.03 bits per heavy atom. The second-order valence-corrected chi connectivity index (χ2v) is 8.37. The van der Waals surface area contributed by atoms with Crippen molar-refractivity contribution in [1.82, 2.24) is 20.5 Å². The molecule has 36 heavy (non-hydrogen) atoms. The van der Waals surface area contributed by atoms with Gasteiger partial charge in [0.15, 0.2) is 11.6 Å². The highest BCUT2D eigenvalue weighted by atomic mass is 19.2. The van der Waals surface area contributed by atoms with E-state index in [2.05, 4.69) is 47.0 Å². The van der Waals surface area contributed by atoms with Crippen molar-refractivity contribution in [3.63, 3.8) is 0 Å². The fourth-order valence-electron chi connectivity index (χ4n) is 3.99. The van der Waals surface area contributed by atoms with Crippen LogP contribution in [-0.4, -0.2) is 16.9 Å². The number of halogens is 2. The molecule has 2 N–H and O–H groups in total. The molecule has 0 saturated carbocycles. The van der Waals surface area contributed by atoms with Crippen LogP contribution in [0, 0.1) is 11.6 Å². The van der Waals surface area contributed by atoms with E-state index in [1.165, 1.54) is 6.07 Å². The van der Waals surface area contributed by atoms with Gasteiger partial charge in [0.05, 0.1) is 0 Å². The van der Waals surface area contributed by atoms with E-state index in [4.69, 9.17) is 0 Å². The lowest BCUT2D eigenvalue weighted by Crippen LogP contribution is -2.23. The molecule has 0 spiro atoms. The molecule has 0 atom stereocenters. The van der Waals surface area contributed by atoms with Gasteiger partial charge in [0.1, 0.15) is 0 Å². The molecule has 0 aliphatic carbocycles. The molecule has 2 heterocycles. The van der Waals surface area contributed by atoms with Crippen LogP contribution in [0.25, 0.3) is 5.57 Å². The van der Waals surface area contributed by atoms with Crippen molar-refractivity contribution in [1.29, 1.82) is 0 Å². The van der Waals surface area contributed by atoms with E-state index in [-0.39, 0.29) is 0 Å². The van der Waals surface area contributed by atoms with Crippen molar-refractivity contribution in [2.24, 2.45) is 0 Å². The largest absolute Gasteiger partial charge is 0.393 e. The lowest BCUT2D eigenvalue weighted by molar-refractivity contribution is 0.457. The molecule has 1 aliphatic heterocycles. The van der Waals surface area contributed by atoms with Crippen LogP contribution in [-0.2, 0) is 13.1 Å². The number of pyridine rings is 1. The smallest absolute Gasteiger partial charge is 0.159 e. The van der Waals surface area contributed by atoms with E-state index < -0.39 is 11.6 Å². The highest BCUT2D eigenvalue weighted by Crippen LogP contribution is 2.27. The quantitative estimate of drug-likeness (QED) is 0.390. The van der Waals surface area contributed by atoms with E-state index in [0.29, 0.717) is 18.7 Å². The Bertz CT molecular complexity index is 1360. The van der Waals surface area contributed by atoms with Crippen molar-refractivity contribution >= 4 is 5.57 Å². The van der Waals surface area contributed by atoms with Crippen LogP contribution in [0.2, 0.25) is 0 Å². The van der Waals surface area contributed by atoms with E-state index >= 15 is 0 Å². The Labute approximate surface area is 210 Å². The molecule has 1 aliphatic rings. The van der Waals surface area contributed by atoms with Gasteiger partial charge in [0.25, 0.3) is 0 Å². The summed E-state index contributed by atoms with van der Waals surface area (Å²) in [6.07, 6.45) is 11.3. The minimum atomic E-state index is -0.862. The maximum Gasteiger partial charge on any atom is 0.159 e. The lowest BCUT2D eigenvalue weighted by Gasteiger charge is -2.28. The van der Waals surface area contributed by atoms with Crippen molar-refractivity contribution in [2.75, 3.05) is 7.05 Å². The zero-order valence-electron chi connectivity index (χ0n) is 20.1. The van der Waals surface area contributed by atoms with Crippen LogP contribution in [0.4, 0.5) is 8.78 Å². The minimum absolute atomic E-state index is 0.369. The summed E-state index contributed by atoms with van der Waals surface area (Å²) in [6, 6.07) is 16.2. The van der Waals surface area contributed by atoms with Gasteiger partial charge in [-0.15, -0.1) is 0 Å². The summed E-state index contributed by atoms with van der Waals surface area (Å²) in [7, 11) is 1.88. The molecular formula is C30H28F2N4. The third kappa shape index (κ3) is 5.78. The van der Waals surface area contributed by atoms with Crippen molar-refractivity contribution < 1.29 is 8.78 Å². The van der Waals surface area contributed by atoms with Crippen LogP contribution in [0.3, 0.4) is 0 Å². The minimum Gasteiger partial charge on any atom is -0.393 e. The Balaban J connectivity index is 1.43. The second kappa shape index (κ2) is 11.3. The number of rotatable bonds is 9. The summed E-state index contributed by atoms with van der Waals surface area (Å²) in [6.45, 7) is 9.35. The standard InChI is InChI=1S/C30H28F2N4/c1-21(27-10-6-14-36(22(27)2)20-24-11-12-29(31)30(32)16-24)35-17-23-7-4-8-25(15-23)28(19-33-3)26-9-5-13-34-18-26/h4-16,18-19,33,35H,1-2,17,20H2,3H3/b28-19-. The molecule has 182 valence electrons. The Morgan fingerprint density at radius 2 is 1.86 bits per heavy atom. The molecule has 0 bridgehead atoms. The molecular weight excluding hydrogens is 454 g/mol. The van der Waals surface area contributed by atoms with Crippen molar-refractivity contribution in [3.8, 4) is 0 Å². The number of nitrogens with zero attached hydrogens (tertiary/aromatic N) is 2. The lowest BCUT2D eigenvalue weighted by atomic mass is 9.98. The first-order chi connectivity index (χ1) is 17.5. The summed E-state index contributed by atoms with van der Waals surface area (Å²) in [5.41, 5.74) is 7.19. The molecule has 6 heteroatoms. The van der Waals surface area contributed by atoms with Gasteiger partial charge in [-0.05, 0) is 53.1 Å². The number of allylic oxidation sites excluding steroid dienone is 2. The summed E-state index contributed by atoms with van der Waals surface area (Å²) >= 11 is 0. The van der Waals surface area contributed by atoms with Gasteiger partial charge in [-0.1, -0.05) is 43.5 Å². The molecule has 0 amide bonds. The zero-order chi connectivity index (χ0) is 25.5. The van der Waals surface area contributed by atoms with Crippen LogP contribution < -0.4 is 10.6 Å². The average Bonchev–Trinajstić information content (AvgIpc) is 2.90. The summed E-state index contributed by atoms with van der Waals surface area (Å²) in [4.78, 5) is 6.13. The van der Waals surface area contributed by atoms with Gasteiger partial charge < -0.3 is 15.5 Å². The molecule has 2 aromatic carbocycles. The van der Waals surface area contributed by atoms with Crippen LogP contribution in [0.5, 0.6) is 0 Å². The molecule has 1 aromatic heterocycles. The highest BCUT2D eigenvalue weighted by Gasteiger charge is 2.17. The Kier molecular flexibility index (Phi) is 7.75. The van der Waals surface area contributed by atoms with E-state index in [9.17, 15) is 8.78 Å². The molecule has 3 aromatic rings. The topological polar surface area (TPSA) is 40.2 Å². The molecule has 4 rings (SSSR count). The van der Waals surface area contributed by atoms with Gasteiger partial charge in [-0.2, -0.15) is 0 Å². The zero-order valence-corrected chi connectivity index (χ0v) is 20.1. The first kappa shape index (κ1) is 24.7. The summed E-state index contributed by atoms with van der Waals surface area (Å²) in [5.74, 6) is -1.72. The maximum absolute atomic E-state index is 13.6.